The lowest BCUT2D eigenvalue weighted by Crippen LogP contribution is -2.24. The van der Waals surface area contributed by atoms with Gasteiger partial charge in [-0.25, -0.2) is 0 Å². The normalized spacial score (nSPS) is 14.3. The highest BCUT2D eigenvalue weighted by atomic mass is 79.9. The summed E-state index contributed by atoms with van der Waals surface area (Å²) in [6, 6.07) is 8.63. The van der Waals surface area contributed by atoms with Crippen LogP contribution in [0, 0.1) is 6.92 Å². The molecular formula is C12H17BrN2. The highest BCUT2D eigenvalue weighted by molar-refractivity contribution is 8.93. The third-order valence-electron chi connectivity index (χ3n) is 2.56. The maximum atomic E-state index is 2.28. The Kier molecular flexibility index (Phi) is 4.21. The highest BCUT2D eigenvalue weighted by Crippen LogP contribution is 2.19. The molecule has 0 aliphatic carbocycles. The van der Waals surface area contributed by atoms with Crippen molar-refractivity contribution >= 4 is 22.7 Å². The molecule has 0 atom stereocenters. The van der Waals surface area contributed by atoms with Crippen LogP contribution < -0.4 is 4.90 Å². The van der Waals surface area contributed by atoms with Gasteiger partial charge in [-0.05, 0) is 26.0 Å². The molecule has 0 spiro atoms. The van der Waals surface area contributed by atoms with Crippen LogP contribution in [0.3, 0.4) is 0 Å². The van der Waals surface area contributed by atoms with Crippen LogP contribution in [0.4, 0.5) is 5.69 Å². The molecule has 0 fully saturated rings. The van der Waals surface area contributed by atoms with Crippen LogP contribution in [0.2, 0.25) is 0 Å². The Bertz CT molecular complexity index is 332. The van der Waals surface area contributed by atoms with Crippen LogP contribution in [-0.2, 0) is 0 Å². The van der Waals surface area contributed by atoms with Gasteiger partial charge in [-0.15, -0.1) is 17.0 Å². The molecule has 1 aromatic carbocycles. The van der Waals surface area contributed by atoms with Crippen molar-refractivity contribution in [3.63, 3.8) is 0 Å². The van der Waals surface area contributed by atoms with Gasteiger partial charge in [0, 0.05) is 24.6 Å². The Morgan fingerprint density at radius 3 is 2.33 bits per heavy atom. The van der Waals surface area contributed by atoms with E-state index in [0.717, 1.165) is 13.2 Å². The van der Waals surface area contributed by atoms with Crippen LogP contribution in [-0.4, -0.2) is 18.1 Å². The minimum atomic E-state index is 0. The molecule has 1 aliphatic heterocycles. The Labute approximate surface area is 102 Å². The number of rotatable bonds is 2. The fraction of sp³-hybridized carbons (Fsp3) is 0.333. The van der Waals surface area contributed by atoms with Gasteiger partial charge in [0.15, 0.2) is 0 Å². The predicted octanol–water partition coefficient (Wildman–Crippen LogP) is 3.14. The maximum Gasteiger partial charge on any atom is 0.0941 e. The van der Waals surface area contributed by atoms with Crippen molar-refractivity contribution in [1.29, 1.82) is 0 Å². The summed E-state index contributed by atoms with van der Waals surface area (Å²) in [7, 11) is 0. The van der Waals surface area contributed by atoms with E-state index in [1.165, 1.54) is 11.3 Å². The zero-order valence-corrected chi connectivity index (χ0v) is 10.9. The van der Waals surface area contributed by atoms with Crippen LogP contribution in [0.15, 0.2) is 36.7 Å². The molecule has 1 heterocycles. The Morgan fingerprint density at radius 1 is 1.13 bits per heavy atom. The lowest BCUT2D eigenvalue weighted by molar-refractivity contribution is 0.429. The molecule has 0 saturated heterocycles. The van der Waals surface area contributed by atoms with Gasteiger partial charge in [0.05, 0.1) is 6.67 Å². The Hall–Kier alpha value is -0.960. The number of aryl methyl sites for hydroxylation is 1. The molecule has 0 N–H and O–H groups in total. The summed E-state index contributed by atoms with van der Waals surface area (Å²) < 4.78 is 0. The van der Waals surface area contributed by atoms with Crippen molar-refractivity contribution in [2.45, 2.75) is 13.8 Å². The number of nitrogens with zero attached hydrogens (tertiary/aromatic N) is 2. The zero-order chi connectivity index (χ0) is 9.97. The molecule has 0 amide bonds. The van der Waals surface area contributed by atoms with E-state index < -0.39 is 0 Å². The first kappa shape index (κ1) is 12.1. The Balaban J connectivity index is 0.00000112. The molecule has 1 aromatic rings. The smallest absolute Gasteiger partial charge is 0.0941 e. The van der Waals surface area contributed by atoms with Crippen LogP contribution in [0.25, 0.3) is 0 Å². The molecule has 15 heavy (non-hydrogen) atoms. The number of hydrogen-bond donors (Lipinski definition) is 0. The minimum absolute atomic E-state index is 0. The third-order valence-corrected chi connectivity index (χ3v) is 2.56. The highest BCUT2D eigenvalue weighted by Gasteiger charge is 2.11. The lowest BCUT2D eigenvalue weighted by Gasteiger charge is -2.20. The Morgan fingerprint density at radius 2 is 1.80 bits per heavy atom. The van der Waals surface area contributed by atoms with E-state index in [1.54, 1.807) is 0 Å². The van der Waals surface area contributed by atoms with Crippen molar-refractivity contribution in [1.82, 2.24) is 4.90 Å². The SMILES string of the molecule is Br.CCN1C=CN(c2ccc(C)cc2)C1. The average Bonchev–Trinajstić information content (AvgIpc) is 2.67. The number of halogens is 1. The maximum absolute atomic E-state index is 2.28. The summed E-state index contributed by atoms with van der Waals surface area (Å²) in [5, 5.41) is 0. The molecule has 2 nitrogen and oxygen atoms in total. The van der Waals surface area contributed by atoms with Crippen molar-refractivity contribution in [3.05, 3.63) is 42.2 Å². The second-order valence-electron chi connectivity index (χ2n) is 3.65. The van der Waals surface area contributed by atoms with Crippen LogP contribution in [0.5, 0.6) is 0 Å². The van der Waals surface area contributed by atoms with Gasteiger partial charge in [0.1, 0.15) is 0 Å². The second-order valence-corrected chi connectivity index (χ2v) is 3.65. The third kappa shape index (κ3) is 2.75. The zero-order valence-electron chi connectivity index (χ0n) is 9.18. The minimum Gasteiger partial charge on any atom is -0.359 e. The van der Waals surface area contributed by atoms with E-state index in [4.69, 9.17) is 0 Å². The molecule has 0 bridgehead atoms. The van der Waals surface area contributed by atoms with Crippen molar-refractivity contribution in [3.8, 4) is 0 Å². The molecule has 0 saturated carbocycles. The standard InChI is InChI=1S/C12H16N2.BrH/c1-3-13-8-9-14(10-13)12-6-4-11(2)5-7-12;/h4-9H,3,10H2,1-2H3;1H. The molecule has 1 aliphatic rings. The van der Waals surface area contributed by atoms with Gasteiger partial charge in [0.2, 0.25) is 0 Å². The predicted molar refractivity (Wildman–Crippen MR) is 70.4 cm³/mol. The van der Waals surface area contributed by atoms with Crippen LogP contribution in [0.1, 0.15) is 12.5 Å². The lowest BCUT2D eigenvalue weighted by atomic mass is 10.2. The van der Waals surface area contributed by atoms with Crippen molar-refractivity contribution in [2.75, 3.05) is 18.1 Å². The van der Waals surface area contributed by atoms with Crippen molar-refractivity contribution in [2.24, 2.45) is 0 Å². The van der Waals surface area contributed by atoms with Crippen LogP contribution >= 0.6 is 17.0 Å². The molecule has 0 unspecified atom stereocenters. The van der Waals surface area contributed by atoms with E-state index in [-0.39, 0.29) is 17.0 Å². The first-order chi connectivity index (χ1) is 6.79. The van der Waals surface area contributed by atoms with E-state index in [9.17, 15) is 0 Å². The van der Waals surface area contributed by atoms with E-state index >= 15 is 0 Å². The van der Waals surface area contributed by atoms with Crippen molar-refractivity contribution < 1.29 is 0 Å². The fourth-order valence-electron chi connectivity index (χ4n) is 1.57. The van der Waals surface area contributed by atoms with Gasteiger partial charge in [-0.3, -0.25) is 0 Å². The molecule has 3 heteroatoms. The fourth-order valence-corrected chi connectivity index (χ4v) is 1.57. The quantitative estimate of drug-likeness (QED) is 0.813. The molecule has 82 valence electrons. The number of benzene rings is 1. The van der Waals surface area contributed by atoms with E-state index in [1.807, 2.05) is 0 Å². The number of anilines is 1. The monoisotopic (exact) mass is 268 g/mol. The average molecular weight is 269 g/mol. The summed E-state index contributed by atoms with van der Waals surface area (Å²) in [4.78, 5) is 4.53. The largest absolute Gasteiger partial charge is 0.359 e. The van der Waals surface area contributed by atoms with Gasteiger partial charge in [0.25, 0.3) is 0 Å². The summed E-state index contributed by atoms with van der Waals surface area (Å²) in [6.07, 6.45) is 4.27. The second kappa shape index (κ2) is 5.21. The molecule has 2 rings (SSSR count). The van der Waals surface area contributed by atoms with E-state index in [0.29, 0.717) is 0 Å². The van der Waals surface area contributed by atoms with Gasteiger partial charge >= 0.3 is 0 Å². The summed E-state index contributed by atoms with van der Waals surface area (Å²) in [6.45, 7) is 6.32. The first-order valence-electron chi connectivity index (χ1n) is 5.05. The summed E-state index contributed by atoms with van der Waals surface area (Å²) in [5.41, 5.74) is 2.58. The molecule has 0 aromatic heterocycles. The van der Waals surface area contributed by atoms with Gasteiger partial charge < -0.3 is 9.80 Å². The molecular weight excluding hydrogens is 252 g/mol. The molecule has 0 radical (unpaired) electrons. The first-order valence-corrected chi connectivity index (χ1v) is 5.05. The van der Waals surface area contributed by atoms with Gasteiger partial charge in [-0.1, -0.05) is 17.7 Å². The van der Waals surface area contributed by atoms with E-state index in [2.05, 4.69) is 60.3 Å². The van der Waals surface area contributed by atoms with Gasteiger partial charge in [-0.2, -0.15) is 0 Å². The summed E-state index contributed by atoms with van der Waals surface area (Å²) in [5.74, 6) is 0. The summed E-state index contributed by atoms with van der Waals surface area (Å²) >= 11 is 0. The topological polar surface area (TPSA) is 6.48 Å². The number of hydrogen-bond acceptors (Lipinski definition) is 2.